The molecule has 13 nitrogen and oxygen atoms in total. The van der Waals surface area contributed by atoms with Crippen LogP contribution in [0.3, 0.4) is 0 Å². The Morgan fingerprint density at radius 3 is 1.91 bits per heavy atom. The Balaban J connectivity index is 2.69. The quantitative estimate of drug-likeness (QED) is 0.0356. The summed E-state index contributed by atoms with van der Waals surface area (Å²) >= 11 is 0. The van der Waals surface area contributed by atoms with Gasteiger partial charge in [-0.3, -0.25) is 9.35 Å². The van der Waals surface area contributed by atoms with Gasteiger partial charge in [0.15, 0.2) is 6.29 Å². The van der Waals surface area contributed by atoms with Crippen LogP contribution in [-0.2, 0) is 28.9 Å². The molecule has 8 unspecified atom stereocenters. The van der Waals surface area contributed by atoms with Crippen LogP contribution in [0.2, 0.25) is 0 Å². The number of aliphatic hydroxyl groups is 5. The molecule has 0 aliphatic carbocycles. The summed E-state index contributed by atoms with van der Waals surface area (Å²) in [5.41, 5.74) is 0. The van der Waals surface area contributed by atoms with E-state index in [9.17, 15) is 38.7 Å². The van der Waals surface area contributed by atoms with E-state index < -0.39 is 78.5 Å². The van der Waals surface area contributed by atoms with E-state index in [1.165, 1.54) is 57.4 Å². The molecule has 1 saturated heterocycles. The summed E-state index contributed by atoms with van der Waals surface area (Å²) in [5, 5.41) is 54.4. The maximum absolute atomic E-state index is 12.9. The number of allylic oxidation sites excluding steroid dienone is 1. The summed E-state index contributed by atoms with van der Waals surface area (Å²) in [5.74, 6) is -0.710. The zero-order chi connectivity index (χ0) is 35.1. The first-order chi connectivity index (χ1) is 22.4. The molecule has 0 bridgehead atoms. The van der Waals surface area contributed by atoms with E-state index in [1.807, 2.05) is 0 Å². The fourth-order valence-corrected chi connectivity index (χ4v) is 6.02. The van der Waals surface area contributed by atoms with Crippen molar-refractivity contribution in [2.45, 2.75) is 178 Å². The minimum Gasteiger partial charge on any atom is -0.394 e. The van der Waals surface area contributed by atoms with Crippen molar-refractivity contribution >= 4 is 16.3 Å². The normalized spacial score (nSPS) is 24.0. The molecular weight excluding hydrogens is 634 g/mol. The summed E-state index contributed by atoms with van der Waals surface area (Å²) in [4.78, 5) is 12.9. The van der Waals surface area contributed by atoms with Gasteiger partial charge in [-0.25, -0.2) is 4.18 Å². The maximum atomic E-state index is 12.9. The van der Waals surface area contributed by atoms with Crippen LogP contribution in [0, 0.1) is 0 Å². The van der Waals surface area contributed by atoms with Crippen LogP contribution in [0.15, 0.2) is 12.2 Å². The molecule has 1 aliphatic rings. The number of hydrogen-bond donors (Lipinski definition) is 7. The van der Waals surface area contributed by atoms with Gasteiger partial charge in [0.25, 0.3) is 0 Å². The zero-order valence-electron chi connectivity index (χ0n) is 28.5. The topological polar surface area (TPSA) is 212 Å². The lowest BCUT2D eigenvalue weighted by Gasteiger charge is -2.41. The van der Waals surface area contributed by atoms with E-state index in [0.29, 0.717) is 12.8 Å². The van der Waals surface area contributed by atoms with Crippen LogP contribution in [0.4, 0.5) is 0 Å². The van der Waals surface area contributed by atoms with Crippen molar-refractivity contribution in [2.24, 2.45) is 0 Å². The second kappa shape index (κ2) is 25.7. The van der Waals surface area contributed by atoms with Gasteiger partial charge in [0.2, 0.25) is 5.91 Å². The third-order valence-electron chi connectivity index (χ3n) is 8.43. The summed E-state index contributed by atoms with van der Waals surface area (Å²) in [6, 6.07) is -1.11. The van der Waals surface area contributed by atoms with Crippen molar-refractivity contribution in [2.75, 3.05) is 13.2 Å². The van der Waals surface area contributed by atoms with Gasteiger partial charge in [0, 0.05) is 0 Å². The Kier molecular flexibility index (Phi) is 24.0. The molecule has 0 radical (unpaired) electrons. The van der Waals surface area contributed by atoms with Crippen LogP contribution in [0.25, 0.3) is 0 Å². The number of unbranched alkanes of at least 4 members (excludes halogenated alkanes) is 15. The van der Waals surface area contributed by atoms with E-state index in [4.69, 9.17) is 14.0 Å². The third kappa shape index (κ3) is 19.5. The van der Waals surface area contributed by atoms with Gasteiger partial charge in [-0.05, 0) is 19.3 Å². The predicted octanol–water partition coefficient (Wildman–Crippen LogP) is 3.45. The number of amides is 1. The van der Waals surface area contributed by atoms with Crippen molar-refractivity contribution < 1.29 is 57.0 Å². The lowest BCUT2D eigenvalue weighted by Crippen LogP contribution is -2.61. The monoisotopic (exact) mass is 697 g/mol. The summed E-state index contributed by atoms with van der Waals surface area (Å²) < 4.78 is 47.0. The third-order valence-corrected chi connectivity index (χ3v) is 8.89. The van der Waals surface area contributed by atoms with E-state index in [-0.39, 0.29) is 6.42 Å². The lowest BCUT2D eigenvalue weighted by atomic mass is 9.99. The minimum atomic E-state index is -5.10. The fourth-order valence-electron chi connectivity index (χ4n) is 5.52. The van der Waals surface area contributed by atoms with Gasteiger partial charge >= 0.3 is 10.4 Å². The molecule has 278 valence electrons. The largest absolute Gasteiger partial charge is 0.397 e. The SMILES string of the molecule is CCCCCC/C=C/C(O)C(COC1OC(CO)C(O)C(OS(=O)(=O)O)C1O)NC(=O)C(O)CCCCCCCCCCCCCC. The van der Waals surface area contributed by atoms with Gasteiger partial charge in [-0.2, -0.15) is 8.42 Å². The number of nitrogens with one attached hydrogen (secondary N) is 1. The first-order valence-corrected chi connectivity index (χ1v) is 19.0. The first kappa shape index (κ1) is 43.8. The Bertz CT molecular complexity index is 937. The molecule has 47 heavy (non-hydrogen) atoms. The molecule has 0 spiro atoms. The van der Waals surface area contributed by atoms with E-state index in [2.05, 4.69) is 23.3 Å². The van der Waals surface area contributed by atoms with Crippen molar-refractivity contribution in [3.8, 4) is 0 Å². The van der Waals surface area contributed by atoms with Crippen molar-refractivity contribution in [1.29, 1.82) is 0 Å². The highest BCUT2D eigenvalue weighted by atomic mass is 32.3. The highest BCUT2D eigenvalue weighted by Gasteiger charge is 2.48. The molecule has 0 saturated carbocycles. The number of rotatable bonds is 28. The average molecular weight is 698 g/mol. The first-order valence-electron chi connectivity index (χ1n) is 17.7. The summed E-state index contributed by atoms with van der Waals surface area (Å²) in [6.45, 7) is 3.06. The molecule has 1 aliphatic heterocycles. The van der Waals surface area contributed by atoms with Gasteiger partial charge in [-0.15, -0.1) is 0 Å². The number of carbonyl (C=O) groups excluding carboxylic acids is 1. The van der Waals surface area contributed by atoms with Crippen LogP contribution in [-0.4, -0.2) is 107 Å². The van der Waals surface area contributed by atoms with Gasteiger partial charge in [0.05, 0.1) is 25.4 Å². The molecule has 0 aromatic rings. The Morgan fingerprint density at radius 1 is 0.851 bits per heavy atom. The number of aliphatic hydroxyl groups excluding tert-OH is 5. The molecule has 0 aromatic heterocycles. The Labute approximate surface area is 282 Å². The smallest absolute Gasteiger partial charge is 0.394 e. The summed E-state index contributed by atoms with van der Waals surface area (Å²) in [6.07, 6.45) is 10.8. The molecule has 1 fully saturated rings. The fraction of sp³-hybridized carbons (Fsp3) is 0.909. The molecule has 8 atom stereocenters. The van der Waals surface area contributed by atoms with Crippen LogP contribution in [0.1, 0.15) is 129 Å². The Morgan fingerprint density at radius 2 is 1.38 bits per heavy atom. The molecule has 14 heteroatoms. The minimum absolute atomic E-state index is 0.245. The van der Waals surface area contributed by atoms with Crippen molar-refractivity contribution in [3.05, 3.63) is 12.2 Å². The second-order valence-corrected chi connectivity index (χ2v) is 13.7. The van der Waals surface area contributed by atoms with Gasteiger partial charge in [-0.1, -0.05) is 122 Å². The number of ether oxygens (including phenoxy) is 2. The van der Waals surface area contributed by atoms with Gasteiger partial charge < -0.3 is 40.3 Å². The van der Waals surface area contributed by atoms with Crippen molar-refractivity contribution in [1.82, 2.24) is 5.32 Å². The maximum Gasteiger partial charge on any atom is 0.397 e. The van der Waals surface area contributed by atoms with Crippen LogP contribution < -0.4 is 5.32 Å². The van der Waals surface area contributed by atoms with E-state index >= 15 is 0 Å². The number of hydrogen-bond acceptors (Lipinski definition) is 11. The molecule has 1 heterocycles. The van der Waals surface area contributed by atoms with Crippen LogP contribution in [0.5, 0.6) is 0 Å². The lowest BCUT2D eigenvalue weighted by molar-refractivity contribution is -0.298. The molecule has 7 N–H and O–H groups in total. The highest BCUT2D eigenvalue weighted by Crippen LogP contribution is 2.26. The molecular formula is C33H63NO12S. The van der Waals surface area contributed by atoms with Crippen molar-refractivity contribution in [3.63, 3.8) is 0 Å². The Hall–Kier alpha value is -1.20. The molecule has 0 aromatic carbocycles. The predicted molar refractivity (Wildman–Crippen MR) is 178 cm³/mol. The second-order valence-electron chi connectivity index (χ2n) is 12.6. The standard InChI is InChI=1S/C33H63NO12S/c1-3-5-7-9-11-12-13-14-15-16-18-20-22-27(37)32(40)34-25(26(36)21-19-17-10-8-6-4-2)24-44-33-30(39)31(46-47(41,42)43)29(38)28(23-35)45-33/h19,21,25-31,33,35-39H,3-18,20,22-24H2,1-2H3,(H,34,40)(H,41,42,43)/b21-19+. The van der Waals surface area contributed by atoms with E-state index in [1.54, 1.807) is 6.08 Å². The molecule has 1 rings (SSSR count). The van der Waals surface area contributed by atoms with Gasteiger partial charge in [0.1, 0.15) is 30.5 Å². The van der Waals surface area contributed by atoms with Crippen LogP contribution >= 0.6 is 0 Å². The summed E-state index contributed by atoms with van der Waals surface area (Å²) in [7, 11) is -5.10. The highest BCUT2D eigenvalue weighted by molar-refractivity contribution is 7.80. The molecule has 1 amide bonds. The van der Waals surface area contributed by atoms with E-state index in [0.717, 1.165) is 44.9 Å². The average Bonchev–Trinajstić information content (AvgIpc) is 3.03. The number of carbonyl (C=O) groups is 1. The zero-order valence-corrected chi connectivity index (χ0v) is 29.3.